The highest BCUT2D eigenvalue weighted by Crippen LogP contribution is 2.14. The van der Waals surface area contributed by atoms with Crippen LogP contribution in [0.2, 0.25) is 5.02 Å². The van der Waals surface area contributed by atoms with Gasteiger partial charge < -0.3 is 0 Å². The molecule has 0 saturated heterocycles. The minimum atomic E-state index is -0.364. The molecule has 2 rings (SSSR count). The molecule has 0 aliphatic carbocycles. The summed E-state index contributed by atoms with van der Waals surface area (Å²) in [6, 6.07) is 8.31. The molecule has 17 heavy (non-hydrogen) atoms. The molecule has 0 saturated carbocycles. The molecule has 0 unspecified atom stereocenters. The zero-order chi connectivity index (χ0) is 12.3. The third kappa shape index (κ3) is 2.30. The van der Waals surface area contributed by atoms with Crippen molar-refractivity contribution >= 4 is 17.4 Å². The smallest absolute Gasteiger partial charge is 0.214 e. The lowest BCUT2D eigenvalue weighted by Crippen LogP contribution is -2.07. The van der Waals surface area contributed by atoms with Gasteiger partial charge in [0.05, 0.1) is 0 Å². The Bertz CT molecular complexity index is 619. The predicted molar refractivity (Wildman–Crippen MR) is 61.6 cm³/mol. The first-order chi connectivity index (χ1) is 8.22. The molecule has 0 radical (unpaired) electrons. The summed E-state index contributed by atoms with van der Waals surface area (Å²) in [5.74, 6) is -0.364. The lowest BCUT2D eigenvalue weighted by Gasteiger charge is -2.01. The molecule has 0 aliphatic heterocycles. The Morgan fingerprint density at radius 1 is 1.29 bits per heavy atom. The molecule has 0 atom stereocenters. The van der Waals surface area contributed by atoms with E-state index in [1.165, 1.54) is 18.5 Å². The maximum absolute atomic E-state index is 12.1. The summed E-state index contributed by atoms with van der Waals surface area (Å²) < 4.78 is 0. The molecule has 1 aromatic heterocycles. The summed E-state index contributed by atoms with van der Waals surface area (Å²) in [6.07, 6.45) is 2.74. The van der Waals surface area contributed by atoms with E-state index in [1.807, 2.05) is 6.07 Å². The van der Waals surface area contributed by atoms with E-state index in [0.717, 1.165) is 0 Å². The fraction of sp³-hybridized carbons (Fsp3) is 0. The normalized spacial score (nSPS) is 9.65. The maximum atomic E-state index is 12.1. The van der Waals surface area contributed by atoms with Crippen molar-refractivity contribution in [3.8, 4) is 6.07 Å². The van der Waals surface area contributed by atoms with Crippen LogP contribution in [0.15, 0.2) is 36.7 Å². The van der Waals surface area contributed by atoms with Gasteiger partial charge in [0, 0.05) is 23.0 Å². The molecule has 4 nitrogen and oxygen atoms in total. The number of aromatic nitrogens is 2. The number of carbonyl (C=O) groups is 1. The Labute approximate surface area is 103 Å². The minimum Gasteiger partial charge on any atom is -0.287 e. The van der Waals surface area contributed by atoms with Crippen molar-refractivity contribution in [2.75, 3.05) is 0 Å². The second-order valence-corrected chi connectivity index (χ2v) is 3.64. The topological polar surface area (TPSA) is 66.6 Å². The summed E-state index contributed by atoms with van der Waals surface area (Å²) in [7, 11) is 0. The first-order valence-corrected chi connectivity index (χ1v) is 5.11. The SMILES string of the molecule is N#Cc1nccnc1C(=O)c1cccc(Cl)c1. The van der Waals surface area contributed by atoms with Gasteiger partial charge in [-0.25, -0.2) is 9.97 Å². The van der Waals surface area contributed by atoms with E-state index >= 15 is 0 Å². The molecule has 0 bridgehead atoms. The minimum absolute atomic E-state index is 0.0116. The molecule has 0 N–H and O–H groups in total. The molecule has 2 aromatic rings. The number of halogens is 1. The highest BCUT2D eigenvalue weighted by molar-refractivity contribution is 6.31. The van der Waals surface area contributed by atoms with Gasteiger partial charge in [-0.15, -0.1) is 0 Å². The molecule has 0 amide bonds. The van der Waals surface area contributed by atoms with Crippen molar-refractivity contribution in [3.63, 3.8) is 0 Å². The summed E-state index contributed by atoms with van der Waals surface area (Å²) in [6.45, 7) is 0. The third-order valence-corrected chi connectivity index (χ3v) is 2.34. The van der Waals surface area contributed by atoms with E-state index in [-0.39, 0.29) is 17.2 Å². The average molecular weight is 244 g/mol. The maximum Gasteiger partial charge on any atom is 0.214 e. The Balaban J connectivity index is 2.48. The van der Waals surface area contributed by atoms with Crippen LogP contribution >= 0.6 is 11.6 Å². The molecular formula is C12H6ClN3O. The Kier molecular flexibility index (Phi) is 3.12. The van der Waals surface area contributed by atoms with Gasteiger partial charge in [-0.05, 0) is 12.1 Å². The van der Waals surface area contributed by atoms with Gasteiger partial charge >= 0.3 is 0 Å². The molecule has 82 valence electrons. The zero-order valence-electron chi connectivity index (χ0n) is 8.59. The largest absolute Gasteiger partial charge is 0.287 e. The standard InChI is InChI=1S/C12H6ClN3O/c13-9-3-1-2-8(6-9)12(17)11-10(7-14)15-4-5-16-11/h1-6H. The molecule has 0 fully saturated rings. The summed E-state index contributed by atoms with van der Waals surface area (Å²) in [5.41, 5.74) is 0.434. The first kappa shape index (κ1) is 11.2. The number of nitriles is 1. The monoisotopic (exact) mass is 243 g/mol. The van der Waals surface area contributed by atoms with E-state index in [2.05, 4.69) is 9.97 Å². The number of ketones is 1. The summed E-state index contributed by atoms with van der Waals surface area (Å²) >= 11 is 5.80. The van der Waals surface area contributed by atoms with Gasteiger partial charge in [0.25, 0.3) is 0 Å². The van der Waals surface area contributed by atoms with Crippen molar-refractivity contribution in [1.29, 1.82) is 5.26 Å². The number of hydrogen-bond donors (Lipinski definition) is 0. The van der Waals surface area contributed by atoms with Gasteiger partial charge in [0.1, 0.15) is 11.8 Å². The van der Waals surface area contributed by atoms with Crippen LogP contribution in [0.1, 0.15) is 21.7 Å². The fourth-order valence-corrected chi connectivity index (χ4v) is 1.54. The van der Waals surface area contributed by atoms with Crippen molar-refractivity contribution in [1.82, 2.24) is 9.97 Å². The average Bonchev–Trinajstić information content (AvgIpc) is 2.38. The third-order valence-electron chi connectivity index (χ3n) is 2.11. The van der Waals surface area contributed by atoms with Crippen molar-refractivity contribution in [2.24, 2.45) is 0 Å². The van der Waals surface area contributed by atoms with Gasteiger partial charge in [-0.3, -0.25) is 4.79 Å². The van der Waals surface area contributed by atoms with E-state index in [1.54, 1.807) is 18.2 Å². The lowest BCUT2D eigenvalue weighted by molar-refractivity contribution is 0.103. The number of carbonyl (C=O) groups excluding carboxylic acids is 1. The van der Waals surface area contributed by atoms with Crippen LogP contribution in [-0.4, -0.2) is 15.8 Å². The second kappa shape index (κ2) is 4.73. The van der Waals surface area contributed by atoms with Crippen molar-refractivity contribution in [2.45, 2.75) is 0 Å². The van der Waals surface area contributed by atoms with Gasteiger partial charge in [0.2, 0.25) is 5.78 Å². The molecule has 0 aliphatic rings. The molecular weight excluding hydrogens is 238 g/mol. The van der Waals surface area contributed by atoms with E-state index < -0.39 is 0 Å². The van der Waals surface area contributed by atoms with Crippen LogP contribution in [0.5, 0.6) is 0 Å². The number of rotatable bonds is 2. The van der Waals surface area contributed by atoms with Crippen LogP contribution < -0.4 is 0 Å². The van der Waals surface area contributed by atoms with Gasteiger partial charge in [-0.2, -0.15) is 5.26 Å². The second-order valence-electron chi connectivity index (χ2n) is 3.20. The zero-order valence-corrected chi connectivity index (χ0v) is 9.35. The van der Waals surface area contributed by atoms with E-state index in [0.29, 0.717) is 10.6 Å². The number of benzene rings is 1. The number of hydrogen-bond acceptors (Lipinski definition) is 4. The Hall–Kier alpha value is -2.25. The summed E-state index contributed by atoms with van der Waals surface area (Å²) in [4.78, 5) is 19.7. The molecule has 1 aromatic carbocycles. The highest BCUT2D eigenvalue weighted by atomic mass is 35.5. The Morgan fingerprint density at radius 3 is 2.76 bits per heavy atom. The van der Waals surface area contributed by atoms with Crippen LogP contribution in [0.25, 0.3) is 0 Å². The lowest BCUT2D eigenvalue weighted by atomic mass is 10.1. The fourth-order valence-electron chi connectivity index (χ4n) is 1.35. The van der Waals surface area contributed by atoms with E-state index in [4.69, 9.17) is 16.9 Å². The first-order valence-electron chi connectivity index (χ1n) is 4.74. The van der Waals surface area contributed by atoms with Crippen LogP contribution in [-0.2, 0) is 0 Å². The molecule has 0 spiro atoms. The molecule has 1 heterocycles. The molecule has 5 heteroatoms. The van der Waals surface area contributed by atoms with Crippen molar-refractivity contribution < 1.29 is 4.79 Å². The van der Waals surface area contributed by atoms with Gasteiger partial charge in [0.15, 0.2) is 5.69 Å². The predicted octanol–water partition coefficient (Wildman–Crippen LogP) is 2.23. The van der Waals surface area contributed by atoms with Crippen LogP contribution in [0.3, 0.4) is 0 Å². The Morgan fingerprint density at radius 2 is 2.06 bits per heavy atom. The summed E-state index contributed by atoms with van der Waals surface area (Å²) in [5, 5.41) is 9.29. The highest BCUT2D eigenvalue weighted by Gasteiger charge is 2.15. The quantitative estimate of drug-likeness (QED) is 0.759. The van der Waals surface area contributed by atoms with Gasteiger partial charge in [-0.1, -0.05) is 23.7 Å². The van der Waals surface area contributed by atoms with Crippen LogP contribution in [0.4, 0.5) is 0 Å². The van der Waals surface area contributed by atoms with Crippen molar-refractivity contribution in [3.05, 3.63) is 58.6 Å². The number of nitrogens with zero attached hydrogens (tertiary/aromatic N) is 3. The van der Waals surface area contributed by atoms with E-state index in [9.17, 15) is 4.79 Å². The van der Waals surface area contributed by atoms with Crippen LogP contribution in [0, 0.1) is 11.3 Å².